The summed E-state index contributed by atoms with van der Waals surface area (Å²) in [4.78, 5) is 19.1. The van der Waals surface area contributed by atoms with E-state index in [1.807, 2.05) is 0 Å². The fourth-order valence-corrected chi connectivity index (χ4v) is 1.33. The third-order valence-electron chi connectivity index (χ3n) is 2.13. The number of nitrogens with zero attached hydrogens (tertiary/aromatic N) is 2. The predicted molar refractivity (Wildman–Crippen MR) is 63.1 cm³/mol. The van der Waals surface area contributed by atoms with Gasteiger partial charge in [0.15, 0.2) is 5.69 Å². The van der Waals surface area contributed by atoms with Gasteiger partial charge in [0, 0.05) is 11.9 Å². The Labute approximate surface area is 103 Å². The van der Waals surface area contributed by atoms with Crippen LogP contribution in [-0.4, -0.2) is 23.0 Å². The van der Waals surface area contributed by atoms with Crippen molar-refractivity contribution in [3.63, 3.8) is 0 Å². The molecule has 2 rings (SSSR count). The van der Waals surface area contributed by atoms with Crippen LogP contribution in [-0.2, 0) is 4.74 Å². The fourth-order valence-electron chi connectivity index (χ4n) is 1.33. The minimum absolute atomic E-state index is 0.131. The molecule has 92 valence electrons. The molecule has 0 saturated heterocycles. The summed E-state index contributed by atoms with van der Waals surface area (Å²) >= 11 is 0. The van der Waals surface area contributed by atoms with Gasteiger partial charge in [0.25, 0.3) is 0 Å². The molecular formula is C12H10FN3O2. The van der Waals surface area contributed by atoms with E-state index >= 15 is 0 Å². The highest BCUT2D eigenvalue weighted by atomic mass is 19.1. The van der Waals surface area contributed by atoms with Crippen molar-refractivity contribution in [3.8, 4) is 0 Å². The number of aromatic nitrogens is 2. The Morgan fingerprint density at radius 2 is 2.22 bits per heavy atom. The number of benzene rings is 1. The number of halogens is 1. The summed E-state index contributed by atoms with van der Waals surface area (Å²) in [5.41, 5.74) is 0.628. The zero-order valence-corrected chi connectivity index (χ0v) is 9.55. The number of carbonyl (C=O) groups excluding carboxylic acids is 1. The second kappa shape index (κ2) is 5.22. The van der Waals surface area contributed by atoms with E-state index in [1.54, 1.807) is 12.1 Å². The lowest BCUT2D eigenvalue weighted by Gasteiger charge is -2.05. The van der Waals surface area contributed by atoms with Gasteiger partial charge in [-0.25, -0.2) is 19.2 Å². The van der Waals surface area contributed by atoms with E-state index in [0.717, 1.165) is 0 Å². The first-order valence-electron chi connectivity index (χ1n) is 5.13. The van der Waals surface area contributed by atoms with Crippen molar-refractivity contribution < 1.29 is 13.9 Å². The molecule has 0 amide bonds. The zero-order valence-electron chi connectivity index (χ0n) is 9.55. The summed E-state index contributed by atoms with van der Waals surface area (Å²) < 4.78 is 17.5. The fraction of sp³-hybridized carbons (Fsp3) is 0.0833. The number of hydrogen-bond donors (Lipinski definition) is 1. The van der Waals surface area contributed by atoms with E-state index in [-0.39, 0.29) is 17.5 Å². The number of anilines is 2. The van der Waals surface area contributed by atoms with Crippen LogP contribution in [0, 0.1) is 5.82 Å². The molecule has 1 N–H and O–H groups in total. The van der Waals surface area contributed by atoms with Gasteiger partial charge in [-0.1, -0.05) is 6.07 Å². The number of hydrogen-bond acceptors (Lipinski definition) is 5. The lowest BCUT2D eigenvalue weighted by molar-refractivity contribution is 0.0594. The van der Waals surface area contributed by atoms with Gasteiger partial charge in [0.05, 0.1) is 7.11 Å². The smallest absolute Gasteiger partial charge is 0.356 e. The highest BCUT2D eigenvalue weighted by molar-refractivity contribution is 5.87. The van der Waals surface area contributed by atoms with Gasteiger partial charge in [-0.15, -0.1) is 0 Å². The van der Waals surface area contributed by atoms with Crippen LogP contribution in [0.4, 0.5) is 16.0 Å². The van der Waals surface area contributed by atoms with E-state index < -0.39 is 5.97 Å². The topological polar surface area (TPSA) is 64.1 Å². The average molecular weight is 247 g/mol. The van der Waals surface area contributed by atoms with Crippen molar-refractivity contribution in [2.45, 2.75) is 0 Å². The molecule has 0 bridgehead atoms. The van der Waals surface area contributed by atoms with Gasteiger partial charge in [-0.2, -0.15) is 0 Å². The zero-order chi connectivity index (χ0) is 13.0. The second-order valence-electron chi connectivity index (χ2n) is 3.39. The Kier molecular flexibility index (Phi) is 3.47. The minimum atomic E-state index is -0.556. The molecule has 18 heavy (non-hydrogen) atoms. The first kappa shape index (κ1) is 12.0. The molecule has 0 radical (unpaired) electrons. The number of methoxy groups -OCH3 is 1. The molecule has 0 aliphatic rings. The molecule has 0 aliphatic carbocycles. The molecule has 6 heteroatoms. The van der Waals surface area contributed by atoms with Gasteiger partial charge in [0.1, 0.15) is 5.82 Å². The average Bonchev–Trinajstić information content (AvgIpc) is 2.38. The first-order chi connectivity index (χ1) is 8.69. The molecule has 1 heterocycles. The van der Waals surface area contributed by atoms with Crippen molar-refractivity contribution in [1.82, 2.24) is 9.97 Å². The van der Waals surface area contributed by atoms with Crippen LogP contribution in [0.5, 0.6) is 0 Å². The van der Waals surface area contributed by atoms with E-state index in [4.69, 9.17) is 0 Å². The van der Waals surface area contributed by atoms with Gasteiger partial charge in [-0.3, -0.25) is 0 Å². The van der Waals surface area contributed by atoms with E-state index in [9.17, 15) is 9.18 Å². The molecule has 0 aliphatic heterocycles. The van der Waals surface area contributed by atoms with Crippen LogP contribution < -0.4 is 5.32 Å². The van der Waals surface area contributed by atoms with Crippen molar-refractivity contribution in [2.24, 2.45) is 0 Å². The number of rotatable bonds is 3. The van der Waals surface area contributed by atoms with Crippen LogP contribution in [0.1, 0.15) is 10.5 Å². The number of esters is 1. The third-order valence-corrected chi connectivity index (χ3v) is 2.13. The van der Waals surface area contributed by atoms with Gasteiger partial charge < -0.3 is 10.1 Å². The Balaban J connectivity index is 2.22. The second-order valence-corrected chi connectivity index (χ2v) is 3.39. The van der Waals surface area contributed by atoms with Crippen LogP contribution >= 0.6 is 0 Å². The summed E-state index contributed by atoms with van der Waals surface area (Å²) in [6.07, 6.45) is 1.42. The SMILES string of the molecule is COC(=O)c1ccnc(Nc2cccc(F)c2)n1. The lowest BCUT2D eigenvalue weighted by atomic mass is 10.3. The maximum absolute atomic E-state index is 13.0. The molecule has 0 spiro atoms. The Morgan fingerprint density at radius 1 is 1.39 bits per heavy atom. The predicted octanol–water partition coefficient (Wildman–Crippen LogP) is 2.15. The monoisotopic (exact) mass is 247 g/mol. The Bertz CT molecular complexity index is 575. The van der Waals surface area contributed by atoms with Crippen molar-refractivity contribution in [2.75, 3.05) is 12.4 Å². The first-order valence-corrected chi connectivity index (χ1v) is 5.13. The maximum atomic E-state index is 13.0. The standard InChI is InChI=1S/C12H10FN3O2/c1-18-11(17)10-5-6-14-12(16-10)15-9-4-2-3-8(13)7-9/h2-7H,1H3,(H,14,15,16). The van der Waals surface area contributed by atoms with Crippen LogP contribution in [0.15, 0.2) is 36.5 Å². The number of nitrogens with one attached hydrogen (secondary N) is 1. The number of carbonyl (C=O) groups is 1. The van der Waals surface area contributed by atoms with Crippen molar-refractivity contribution in [3.05, 3.63) is 48.0 Å². The minimum Gasteiger partial charge on any atom is -0.464 e. The van der Waals surface area contributed by atoms with Gasteiger partial charge in [-0.05, 0) is 24.3 Å². The molecule has 0 saturated carbocycles. The molecule has 0 unspecified atom stereocenters. The van der Waals surface area contributed by atoms with Gasteiger partial charge >= 0.3 is 5.97 Å². The van der Waals surface area contributed by atoms with Crippen molar-refractivity contribution in [1.29, 1.82) is 0 Å². The van der Waals surface area contributed by atoms with E-state index in [2.05, 4.69) is 20.0 Å². The highest BCUT2D eigenvalue weighted by Crippen LogP contribution is 2.14. The summed E-state index contributed by atoms with van der Waals surface area (Å²) in [7, 11) is 1.27. The molecule has 5 nitrogen and oxygen atoms in total. The molecular weight excluding hydrogens is 237 g/mol. The summed E-state index contributed by atoms with van der Waals surface area (Å²) in [5.74, 6) is -0.729. The van der Waals surface area contributed by atoms with Crippen LogP contribution in [0.25, 0.3) is 0 Å². The highest BCUT2D eigenvalue weighted by Gasteiger charge is 2.08. The third kappa shape index (κ3) is 2.79. The lowest BCUT2D eigenvalue weighted by Crippen LogP contribution is -2.07. The molecule has 1 aromatic heterocycles. The molecule has 0 atom stereocenters. The van der Waals surface area contributed by atoms with Crippen molar-refractivity contribution >= 4 is 17.6 Å². The quantitative estimate of drug-likeness (QED) is 0.842. The largest absolute Gasteiger partial charge is 0.464 e. The van der Waals surface area contributed by atoms with E-state index in [1.165, 1.54) is 31.5 Å². The van der Waals surface area contributed by atoms with E-state index in [0.29, 0.717) is 5.69 Å². The van der Waals surface area contributed by atoms with Crippen LogP contribution in [0.2, 0.25) is 0 Å². The number of ether oxygens (including phenoxy) is 1. The molecule has 1 aromatic carbocycles. The molecule has 2 aromatic rings. The summed E-state index contributed by atoms with van der Waals surface area (Å²) in [6, 6.07) is 7.28. The Hall–Kier alpha value is -2.50. The summed E-state index contributed by atoms with van der Waals surface area (Å²) in [6.45, 7) is 0. The summed E-state index contributed by atoms with van der Waals surface area (Å²) in [5, 5.41) is 2.79. The van der Waals surface area contributed by atoms with Crippen LogP contribution in [0.3, 0.4) is 0 Å². The molecule has 0 fully saturated rings. The maximum Gasteiger partial charge on any atom is 0.356 e. The van der Waals surface area contributed by atoms with Gasteiger partial charge in [0.2, 0.25) is 5.95 Å². The Morgan fingerprint density at radius 3 is 2.94 bits per heavy atom. The normalized spacial score (nSPS) is 9.89.